The van der Waals surface area contributed by atoms with Gasteiger partial charge in [-0.05, 0) is 18.9 Å². The molecule has 1 aromatic rings. The van der Waals surface area contributed by atoms with Crippen LogP contribution in [-0.2, 0) is 35.2 Å². The van der Waals surface area contributed by atoms with Crippen molar-refractivity contribution in [2.75, 3.05) is 0 Å². The van der Waals surface area contributed by atoms with Crippen molar-refractivity contribution in [1.29, 1.82) is 0 Å². The topological polar surface area (TPSA) is 231 Å². The maximum atomic E-state index is 12.8. The third kappa shape index (κ3) is 10.1. The molecule has 0 aromatic heterocycles. The molecule has 0 aliphatic rings. The van der Waals surface area contributed by atoms with Gasteiger partial charge in [-0.3, -0.25) is 28.8 Å². The van der Waals surface area contributed by atoms with E-state index in [0.29, 0.717) is 5.56 Å². The summed E-state index contributed by atoms with van der Waals surface area (Å²) in [6.45, 7) is 1.27. The summed E-state index contributed by atoms with van der Waals surface area (Å²) in [4.78, 5) is 70.7. The number of aliphatic carboxylic acids is 2. The van der Waals surface area contributed by atoms with Crippen LogP contribution >= 0.6 is 0 Å². The van der Waals surface area contributed by atoms with Crippen molar-refractivity contribution in [1.82, 2.24) is 16.0 Å². The van der Waals surface area contributed by atoms with Crippen LogP contribution < -0.4 is 27.4 Å². The molecule has 0 fully saturated rings. The van der Waals surface area contributed by atoms with Crippen molar-refractivity contribution >= 4 is 35.6 Å². The van der Waals surface area contributed by atoms with Gasteiger partial charge in [0.15, 0.2) is 0 Å². The van der Waals surface area contributed by atoms with Crippen molar-refractivity contribution in [2.24, 2.45) is 11.5 Å². The second kappa shape index (κ2) is 13.5. The molecule has 9 N–H and O–H groups in total. The zero-order valence-electron chi connectivity index (χ0n) is 18.5. The van der Waals surface area contributed by atoms with Crippen molar-refractivity contribution in [2.45, 2.75) is 56.8 Å². The molecule has 0 aliphatic heterocycles. The molecule has 0 spiro atoms. The lowest BCUT2D eigenvalue weighted by molar-refractivity contribution is -0.140. The predicted molar refractivity (Wildman–Crippen MR) is 118 cm³/mol. The normalized spacial score (nSPS) is 14.1. The van der Waals surface area contributed by atoms with Crippen LogP contribution in [0, 0.1) is 0 Å². The monoisotopic (exact) mass is 479 g/mol. The molecule has 13 heteroatoms. The minimum Gasteiger partial charge on any atom is -0.481 e. The van der Waals surface area contributed by atoms with Crippen molar-refractivity contribution in [3.8, 4) is 0 Å². The van der Waals surface area contributed by atoms with E-state index >= 15 is 0 Å². The zero-order chi connectivity index (χ0) is 25.8. The molecule has 0 radical (unpaired) electrons. The molecular formula is C21H29N5O8. The number of hydrogen-bond donors (Lipinski definition) is 7. The molecule has 0 aliphatic carbocycles. The van der Waals surface area contributed by atoms with Gasteiger partial charge >= 0.3 is 11.9 Å². The lowest BCUT2D eigenvalue weighted by Crippen LogP contribution is -2.57. The first kappa shape index (κ1) is 28.0. The Bertz CT molecular complexity index is 908. The number of nitrogens with two attached hydrogens (primary N) is 2. The third-order valence-electron chi connectivity index (χ3n) is 4.71. The number of carboxylic acid groups (broad SMARTS) is 2. The second-order valence-electron chi connectivity index (χ2n) is 7.58. The Morgan fingerprint density at radius 1 is 0.853 bits per heavy atom. The smallest absolute Gasteiger partial charge is 0.305 e. The van der Waals surface area contributed by atoms with Crippen LogP contribution in [0.15, 0.2) is 30.3 Å². The lowest BCUT2D eigenvalue weighted by atomic mass is 10.0. The minimum atomic E-state index is -1.40. The molecule has 0 unspecified atom stereocenters. The molecule has 34 heavy (non-hydrogen) atoms. The van der Waals surface area contributed by atoms with Crippen molar-refractivity contribution < 1.29 is 39.0 Å². The number of carbonyl (C=O) groups is 6. The number of carbonyl (C=O) groups excluding carboxylic acids is 4. The Balaban J connectivity index is 2.86. The fraction of sp³-hybridized carbons (Fsp3) is 0.429. The average molecular weight is 479 g/mol. The van der Waals surface area contributed by atoms with Gasteiger partial charge in [0.2, 0.25) is 23.6 Å². The predicted octanol–water partition coefficient (Wildman–Crippen LogP) is -2.14. The minimum absolute atomic E-state index is 0.0788. The van der Waals surface area contributed by atoms with Crippen LogP contribution in [0.1, 0.15) is 31.7 Å². The van der Waals surface area contributed by atoms with E-state index in [1.54, 1.807) is 30.3 Å². The summed E-state index contributed by atoms with van der Waals surface area (Å²) in [6, 6.07) is 3.62. The summed E-state index contributed by atoms with van der Waals surface area (Å²) in [5.74, 6) is -5.93. The Labute approximate surface area is 195 Å². The molecule has 0 saturated carbocycles. The molecule has 4 amide bonds. The summed E-state index contributed by atoms with van der Waals surface area (Å²) in [5, 5.41) is 24.6. The first-order valence-corrected chi connectivity index (χ1v) is 10.3. The van der Waals surface area contributed by atoms with E-state index in [1.165, 1.54) is 6.92 Å². The van der Waals surface area contributed by atoms with E-state index in [1.807, 2.05) is 0 Å². The highest BCUT2D eigenvalue weighted by atomic mass is 16.4. The molecule has 4 atom stereocenters. The first-order valence-electron chi connectivity index (χ1n) is 10.3. The summed E-state index contributed by atoms with van der Waals surface area (Å²) in [7, 11) is 0. The average Bonchev–Trinajstić information content (AvgIpc) is 2.75. The third-order valence-corrected chi connectivity index (χ3v) is 4.71. The van der Waals surface area contributed by atoms with E-state index < -0.39 is 72.6 Å². The molecule has 1 aromatic carbocycles. The van der Waals surface area contributed by atoms with Crippen LogP contribution in [0.3, 0.4) is 0 Å². The van der Waals surface area contributed by atoms with Gasteiger partial charge in [-0.25, -0.2) is 0 Å². The number of nitrogens with one attached hydrogen (secondary N) is 3. The Hall–Kier alpha value is -4.00. The largest absolute Gasteiger partial charge is 0.481 e. The van der Waals surface area contributed by atoms with Gasteiger partial charge in [-0.15, -0.1) is 0 Å². The molecule has 186 valence electrons. The van der Waals surface area contributed by atoms with Gasteiger partial charge in [0.25, 0.3) is 0 Å². The summed E-state index contributed by atoms with van der Waals surface area (Å²) in [6.07, 6.45) is -1.35. The maximum Gasteiger partial charge on any atom is 0.305 e. The first-order chi connectivity index (χ1) is 15.9. The van der Waals surface area contributed by atoms with E-state index in [0.717, 1.165) is 0 Å². The number of hydrogen-bond acceptors (Lipinski definition) is 7. The van der Waals surface area contributed by atoms with E-state index in [2.05, 4.69) is 16.0 Å². The van der Waals surface area contributed by atoms with Crippen molar-refractivity contribution in [3.63, 3.8) is 0 Å². The molecule has 0 saturated heterocycles. The summed E-state index contributed by atoms with van der Waals surface area (Å²) >= 11 is 0. The van der Waals surface area contributed by atoms with E-state index in [4.69, 9.17) is 21.7 Å². The molecule has 1 rings (SSSR count). The van der Waals surface area contributed by atoms with Gasteiger partial charge in [-0.2, -0.15) is 0 Å². The summed E-state index contributed by atoms with van der Waals surface area (Å²) in [5.41, 5.74) is 11.5. The van der Waals surface area contributed by atoms with Gasteiger partial charge in [0, 0.05) is 12.8 Å². The second-order valence-corrected chi connectivity index (χ2v) is 7.58. The molecule has 13 nitrogen and oxygen atoms in total. The fourth-order valence-electron chi connectivity index (χ4n) is 2.85. The molecular weight excluding hydrogens is 450 g/mol. The lowest BCUT2D eigenvalue weighted by Gasteiger charge is -2.23. The van der Waals surface area contributed by atoms with Gasteiger partial charge in [-0.1, -0.05) is 30.3 Å². The van der Waals surface area contributed by atoms with Crippen LogP contribution in [0.4, 0.5) is 0 Å². The molecule has 0 bridgehead atoms. The quantitative estimate of drug-likeness (QED) is 0.154. The maximum absolute atomic E-state index is 12.8. The van der Waals surface area contributed by atoms with Gasteiger partial charge < -0.3 is 37.6 Å². The summed E-state index contributed by atoms with van der Waals surface area (Å²) < 4.78 is 0. The number of amides is 4. The van der Waals surface area contributed by atoms with E-state index in [9.17, 15) is 28.8 Å². The molecule has 0 heterocycles. The SMILES string of the molecule is C[C@H](NC(=O)[C@@H](N)CC(=O)O)C(=O)N[C@@H](CCC(=O)O)C(=O)N[C@@H](Cc1ccccc1)C(N)=O. The van der Waals surface area contributed by atoms with Crippen LogP contribution in [0.5, 0.6) is 0 Å². The standard InChI is InChI=1S/C21H29N5O8/c1-11(24-20(33)13(22)10-17(29)30)19(32)25-14(7-8-16(27)28)21(34)26-15(18(23)31)9-12-5-3-2-4-6-12/h2-6,11,13-15H,7-10,22H2,1H3,(H2,23,31)(H,24,33)(H,25,32)(H,26,34)(H,27,28)(H,29,30)/t11-,13-,14-,15-/m0/s1. The fourth-order valence-corrected chi connectivity index (χ4v) is 2.85. The highest BCUT2D eigenvalue weighted by Crippen LogP contribution is 2.05. The van der Waals surface area contributed by atoms with Crippen LogP contribution in [0.2, 0.25) is 0 Å². The van der Waals surface area contributed by atoms with Crippen LogP contribution in [0.25, 0.3) is 0 Å². The van der Waals surface area contributed by atoms with Gasteiger partial charge in [0.05, 0.1) is 12.5 Å². The Morgan fingerprint density at radius 3 is 1.97 bits per heavy atom. The number of carboxylic acids is 2. The number of primary amides is 1. The van der Waals surface area contributed by atoms with Crippen LogP contribution in [-0.4, -0.2) is 69.9 Å². The highest BCUT2D eigenvalue weighted by molar-refractivity contribution is 5.95. The number of benzene rings is 1. The Kier molecular flexibility index (Phi) is 11.2. The Morgan fingerprint density at radius 2 is 1.44 bits per heavy atom. The number of rotatable bonds is 14. The highest BCUT2D eigenvalue weighted by Gasteiger charge is 2.29. The zero-order valence-corrected chi connectivity index (χ0v) is 18.5. The van der Waals surface area contributed by atoms with Gasteiger partial charge in [0.1, 0.15) is 18.1 Å². The van der Waals surface area contributed by atoms with E-state index in [-0.39, 0.29) is 12.8 Å². The van der Waals surface area contributed by atoms with Crippen molar-refractivity contribution in [3.05, 3.63) is 35.9 Å².